The Morgan fingerprint density at radius 1 is 1.06 bits per heavy atom. The molecular formula is C26H28FN3OS. The number of halogens is 1. The van der Waals surface area contributed by atoms with Gasteiger partial charge in [0.1, 0.15) is 5.82 Å². The van der Waals surface area contributed by atoms with Crippen LogP contribution in [-0.2, 0) is 24.2 Å². The maximum absolute atomic E-state index is 13.3. The van der Waals surface area contributed by atoms with E-state index < -0.39 is 0 Å². The third kappa shape index (κ3) is 4.57. The number of benzene rings is 2. The summed E-state index contributed by atoms with van der Waals surface area (Å²) in [5.74, 6) is -0.138. The van der Waals surface area contributed by atoms with Crippen molar-refractivity contribution in [2.75, 3.05) is 31.1 Å². The maximum Gasteiger partial charge on any atom is 0.225 e. The number of thiophene rings is 1. The zero-order valence-electron chi connectivity index (χ0n) is 18.0. The van der Waals surface area contributed by atoms with Crippen molar-refractivity contribution in [3.05, 3.63) is 87.9 Å². The number of anilines is 1. The molecule has 4 nitrogen and oxygen atoms in total. The molecule has 166 valence electrons. The standard InChI is InChI=1S/C26H28FN3OS/c27-21-9-7-19(8-10-21)17-29-13-14-30-24-6-2-1-4-20(24)16-23(25(30)18-29)26(31)28-12-11-22-5-3-15-32-22/h1-10,15,23,25H,11-14,16-18H2,(H,28,31). The fourth-order valence-corrected chi connectivity index (χ4v) is 5.71. The number of fused-ring (bicyclic) bond motifs is 3. The Hall–Kier alpha value is -2.70. The Morgan fingerprint density at radius 2 is 1.91 bits per heavy atom. The molecule has 1 fully saturated rings. The van der Waals surface area contributed by atoms with Gasteiger partial charge in [-0.2, -0.15) is 0 Å². The summed E-state index contributed by atoms with van der Waals surface area (Å²) < 4.78 is 13.3. The highest BCUT2D eigenvalue weighted by molar-refractivity contribution is 7.09. The van der Waals surface area contributed by atoms with Gasteiger partial charge in [0.2, 0.25) is 5.91 Å². The summed E-state index contributed by atoms with van der Waals surface area (Å²) in [4.78, 5) is 19.4. The molecule has 5 rings (SSSR count). The SMILES string of the molecule is O=C(NCCc1cccs1)C1Cc2ccccc2N2CCN(Cc3ccc(F)cc3)CC12. The zero-order chi connectivity index (χ0) is 21.9. The van der Waals surface area contributed by atoms with Gasteiger partial charge in [-0.1, -0.05) is 36.4 Å². The van der Waals surface area contributed by atoms with E-state index in [-0.39, 0.29) is 23.7 Å². The molecular weight excluding hydrogens is 421 g/mol. The van der Waals surface area contributed by atoms with Crippen molar-refractivity contribution in [3.8, 4) is 0 Å². The van der Waals surface area contributed by atoms with Crippen LogP contribution in [0.2, 0.25) is 0 Å². The average molecular weight is 450 g/mol. The zero-order valence-corrected chi connectivity index (χ0v) is 18.9. The Bertz CT molecular complexity index is 1050. The average Bonchev–Trinajstić information content (AvgIpc) is 3.33. The molecule has 0 spiro atoms. The normalized spacial score (nSPS) is 20.5. The van der Waals surface area contributed by atoms with Crippen molar-refractivity contribution in [2.24, 2.45) is 5.92 Å². The maximum atomic E-state index is 13.3. The molecule has 2 aromatic carbocycles. The predicted molar refractivity (Wildman–Crippen MR) is 127 cm³/mol. The van der Waals surface area contributed by atoms with Crippen LogP contribution in [-0.4, -0.2) is 43.0 Å². The van der Waals surface area contributed by atoms with Crippen LogP contribution in [0, 0.1) is 11.7 Å². The second kappa shape index (κ2) is 9.43. The Kier molecular flexibility index (Phi) is 6.23. The second-order valence-electron chi connectivity index (χ2n) is 8.68. The van der Waals surface area contributed by atoms with E-state index in [1.165, 1.54) is 28.3 Å². The van der Waals surface area contributed by atoms with Crippen LogP contribution in [0.4, 0.5) is 10.1 Å². The van der Waals surface area contributed by atoms with E-state index >= 15 is 0 Å². The van der Waals surface area contributed by atoms with E-state index in [9.17, 15) is 9.18 Å². The van der Waals surface area contributed by atoms with Gasteiger partial charge < -0.3 is 10.2 Å². The molecule has 2 aliphatic heterocycles. The summed E-state index contributed by atoms with van der Waals surface area (Å²) in [6.45, 7) is 4.09. The number of carbonyl (C=O) groups is 1. The predicted octanol–water partition coefficient (Wildman–Crippen LogP) is 4.11. The second-order valence-corrected chi connectivity index (χ2v) is 9.71. The van der Waals surface area contributed by atoms with Crippen molar-refractivity contribution in [3.63, 3.8) is 0 Å². The Labute approximate surface area is 192 Å². The number of piperazine rings is 1. The molecule has 1 aromatic heterocycles. The van der Waals surface area contributed by atoms with Gasteiger partial charge in [-0.05, 0) is 53.6 Å². The number of rotatable bonds is 6. The van der Waals surface area contributed by atoms with E-state index in [1.807, 2.05) is 12.1 Å². The molecule has 0 bridgehead atoms. The Balaban J connectivity index is 1.31. The van der Waals surface area contributed by atoms with Crippen molar-refractivity contribution in [2.45, 2.75) is 25.4 Å². The highest BCUT2D eigenvalue weighted by Crippen LogP contribution is 2.36. The van der Waals surface area contributed by atoms with E-state index in [2.05, 4.69) is 56.9 Å². The molecule has 3 aromatic rings. The van der Waals surface area contributed by atoms with E-state index in [1.54, 1.807) is 11.3 Å². The third-order valence-corrected chi connectivity index (χ3v) is 7.55. The minimum absolute atomic E-state index is 0.0794. The lowest BCUT2D eigenvalue weighted by Crippen LogP contribution is -2.61. The van der Waals surface area contributed by atoms with Crippen molar-refractivity contribution < 1.29 is 9.18 Å². The van der Waals surface area contributed by atoms with Crippen LogP contribution >= 0.6 is 11.3 Å². The lowest BCUT2D eigenvalue weighted by atomic mass is 9.83. The van der Waals surface area contributed by atoms with Gasteiger partial charge in [0.05, 0.1) is 12.0 Å². The molecule has 0 saturated carbocycles. The molecule has 0 aliphatic carbocycles. The van der Waals surface area contributed by atoms with Crippen LogP contribution in [0.5, 0.6) is 0 Å². The molecule has 1 amide bonds. The molecule has 2 aliphatic rings. The summed E-state index contributed by atoms with van der Waals surface area (Å²) in [6.07, 6.45) is 1.64. The topological polar surface area (TPSA) is 35.6 Å². The summed E-state index contributed by atoms with van der Waals surface area (Å²) in [5, 5.41) is 5.28. The molecule has 3 heterocycles. The van der Waals surface area contributed by atoms with Crippen LogP contribution in [0.1, 0.15) is 16.0 Å². The molecule has 6 heteroatoms. The van der Waals surface area contributed by atoms with Crippen molar-refractivity contribution >= 4 is 22.9 Å². The van der Waals surface area contributed by atoms with Crippen molar-refractivity contribution in [1.29, 1.82) is 0 Å². The fourth-order valence-electron chi connectivity index (χ4n) is 5.00. The van der Waals surface area contributed by atoms with Gasteiger partial charge in [0.25, 0.3) is 0 Å². The molecule has 0 radical (unpaired) electrons. The van der Waals surface area contributed by atoms with Gasteiger partial charge in [-0.25, -0.2) is 4.39 Å². The first-order chi connectivity index (χ1) is 15.7. The molecule has 1 N–H and O–H groups in total. The number of nitrogens with one attached hydrogen (secondary N) is 1. The lowest BCUT2D eigenvalue weighted by molar-refractivity contribution is -0.126. The molecule has 2 atom stereocenters. The summed E-state index contributed by atoms with van der Waals surface area (Å²) in [6, 6.07) is 19.5. The first-order valence-corrected chi connectivity index (χ1v) is 12.2. The molecule has 32 heavy (non-hydrogen) atoms. The fraction of sp³-hybridized carbons (Fsp3) is 0.346. The Morgan fingerprint density at radius 3 is 2.72 bits per heavy atom. The first kappa shape index (κ1) is 21.2. The number of hydrogen-bond donors (Lipinski definition) is 1. The summed E-state index contributed by atoms with van der Waals surface area (Å²) >= 11 is 1.73. The number of amides is 1. The van der Waals surface area contributed by atoms with Gasteiger partial charge in [0, 0.05) is 43.3 Å². The van der Waals surface area contributed by atoms with Crippen LogP contribution in [0.3, 0.4) is 0 Å². The largest absolute Gasteiger partial charge is 0.365 e. The first-order valence-electron chi connectivity index (χ1n) is 11.3. The van der Waals surface area contributed by atoms with Crippen molar-refractivity contribution in [1.82, 2.24) is 10.2 Å². The monoisotopic (exact) mass is 449 g/mol. The third-order valence-electron chi connectivity index (χ3n) is 6.61. The quantitative estimate of drug-likeness (QED) is 0.615. The minimum atomic E-state index is -0.207. The van der Waals surface area contributed by atoms with E-state index in [0.717, 1.165) is 44.6 Å². The highest BCUT2D eigenvalue weighted by atomic mass is 32.1. The van der Waals surface area contributed by atoms with Gasteiger partial charge in [0.15, 0.2) is 0 Å². The van der Waals surface area contributed by atoms with Gasteiger partial charge in [-0.15, -0.1) is 11.3 Å². The van der Waals surface area contributed by atoms with Crippen LogP contribution in [0.15, 0.2) is 66.0 Å². The highest BCUT2D eigenvalue weighted by Gasteiger charge is 2.41. The number of hydrogen-bond acceptors (Lipinski definition) is 4. The van der Waals surface area contributed by atoms with Gasteiger partial charge >= 0.3 is 0 Å². The lowest BCUT2D eigenvalue weighted by Gasteiger charge is -2.49. The number of carbonyl (C=O) groups excluding carboxylic acids is 1. The summed E-state index contributed by atoms with van der Waals surface area (Å²) in [7, 11) is 0. The molecule has 2 unspecified atom stereocenters. The smallest absolute Gasteiger partial charge is 0.225 e. The van der Waals surface area contributed by atoms with E-state index in [4.69, 9.17) is 0 Å². The van der Waals surface area contributed by atoms with Gasteiger partial charge in [-0.3, -0.25) is 9.69 Å². The van der Waals surface area contributed by atoms with E-state index in [0.29, 0.717) is 6.54 Å². The number of nitrogens with zero attached hydrogens (tertiary/aromatic N) is 2. The number of para-hydroxylation sites is 1. The summed E-state index contributed by atoms with van der Waals surface area (Å²) in [5.41, 5.74) is 3.63. The van der Waals surface area contributed by atoms with Crippen LogP contribution < -0.4 is 10.2 Å². The van der Waals surface area contributed by atoms with Crippen LogP contribution in [0.25, 0.3) is 0 Å². The minimum Gasteiger partial charge on any atom is -0.365 e. The molecule has 1 saturated heterocycles.